The molecule has 0 bridgehead atoms. The number of aromatic nitrogens is 1. The van der Waals surface area contributed by atoms with Gasteiger partial charge in [0.1, 0.15) is 0 Å². The van der Waals surface area contributed by atoms with Gasteiger partial charge in [-0.05, 0) is 6.07 Å². The molecule has 0 saturated heterocycles. The van der Waals surface area contributed by atoms with E-state index in [1.54, 1.807) is 0 Å². The number of halogens is 3. The van der Waals surface area contributed by atoms with E-state index in [1.165, 1.54) is 18.3 Å². The van der Waals surface area contributed by atoms with Crippen LogP contribution in [-0.2, 0) is 0 Å². The first-order chi connectivity index (χ1) is 6.51. The van der Waals surface area contributed by atoms with Gasteiger partial charge in [0.25, 0.3) is 0 Å². The predicted molar refractivity (Wildman–Crippen MR) is 43.7 cm³/mol. The molecule has 2 nitrogen and oxygen atoms in total. The van der Waals surface area contributed by atoms with Crippen LogP contribution in [0.3, 0.4) is 0 Å². The maximum absolute atomic E-state index is 11.7. The Morgan fingerprint density at radius 1 is 1.43 bits per heavy atom. The molecular weight excluding hydrogens is 195 g/mol. The lowest BCUT2D eigenvalue weighted by atomic mass is 10.3. The lowest BCUT2D eigenvalue weighted by Crippen LogP contribution is -2.19. The van der Waals surface area contributed by atoms with Crippen LogP contribution < -0.4 is 4.74 Å². The van der Waals surface area contributed by atoms with Gasteiger partial charge in [0, 0.05) is 17.8 Å². The van der Waals surface area contributed by atoms with Crippen LogP contribution in [0.15, 0.2) is 18.3 Å². The van der Waals surface area contributed by atoms with Crippen molar-refractivity contribution in [3.8, 4) is 18.2 Å². The van der Waals surface area contributed by atoms with Crippen molar-refractivity contribution in [3.05, 3.63) is 23.9 Å². The van der Waals surface area contributed by atoms with Crippen LogP contribution in [-0.4, -0.2) is 17.8 Å². The molecule has 0 atom stereocenters. The lowest BCUT2D eigenvalue weighted by Gasteiger charge is -2.07. The van der Waals surface area contributed by atoms with Gasteiger partial charge >= 0.3 is 6.18 Å². The molecule has 0 spiro atoms. The van der Waals surface area contributed by atoms with Crippen molar-refractivity contribution in [2.45, 2.75) is 6.18 Å². The molecule has 74 valence electrons. The summed E-state index contributed by atoms with van der Waals surface area (Å²) in [5, 5.41) is 0. The van der Waals surface area contributed by atoms with E-state index in [0.29, 0.717) is 5.56 Å². The van der Waals surface area contributed by atoms with Gasteiger partial charge in [0.2, 0.25) is 5.88 Å². The summed E-state index contributed by atoms with van der Waals surface area (Å²) in [5.74, 6) is 2.19. The largest absolute Gasteiger partial charge is 0.468 e. The zero-order chi connectivity index (χ0) is 10.6. The summed E-state index contributed by atoms with van der Waals surface area (Å²) >= 11 is 0. The Kier molecular flexibility index (Phi) is 2.97. The standard InChI is InChI=1S/C9H6F3NO/c1-2-7-3-4-8(13-5-7)14-6-9(10,11)12/h1,3-5H,6H2. The number of hydrogen-bond donors (Lipinski definition) is 0. The molecule has 0 aromatic carbocycles. The molecule has 0 unspecified atom stereocenters. The third-order valence-corrected chi connectivity index (χ3v) is 1.29. The first-order valence-electron chi connectivity index (χ1n) is 3.63. The van der Waals surface area contributed by atoms with Gasteiger partial charge in [-0.15, -0.1) is 6.42 Å². The number of rotatable bonds is 2. The molecule has 0 radical (unpaired) electrons. The Balaban J connectivity index is 2.58. The van der Waals surface area contributed by atoms with Gasteiger partial charge in [-0.1, -0.05) is 5.92 Å². The van der Waals surface area contributed by atoms with Crippen molar-refractivity contribution < 1.29 is 17.9 Å². The molecule has 0 saturated carbocycles. The number of nitrogens with zero attached hydrogens (tertiary/aromatic N) is 1. The Bertz CT molecular complexity index is 337. The second-order valence-corrected chi connectivity index (χ2v) is 2.43. The van der Waals surface area contributed by atoms with E-state index in [4.69, 9.17) is 6.42 Å². The fourth-order valence-corrected chi connectivity index (χ4v) is 0.707. The summed E-state index contributed by atoms with van der Waals surface area (Å²) in [6, 6.07) is 2.75. The number of pyridine rings is 1. The van der Waals surface area contributed by atoms with Crippen molar-refractivity contribution in [3.63, 3.8) is 0 Å². The Morgan fingerprint density at radius 3 is 2.57 bits per heavy atom. The normalized spacial score (nSPS) is 10.7. The molecule has 0 amide bonds. The van der Waals surface area contributed by atoms with Crippen LogP contribution in [0.2, 0.25) is 0 Å². The van der Waals surface area contributed by atoms with E-state index in [0.717, 1.165) is 0 Å². The third-order valence-electron chi connectivity index (χ3n) is 1.29. The minimum absolute atomic E-state index is 0.0960. The molecule has 14 heavy (non-hydrogen) atoms. The smallest absolute Gasteiger partial charge is 0.422 e. The highest BCUT2D eigenvalue weighted by molar-refractivity contribution is 5.31. The Hall–Kier alpha value is -1.70. The van der Waals surface area contributed by atoms with E-state index in [-0.39, 0.29) is 5.88 Å². The average molecular weight is 201 g/mol. The third kappa shape index (κ3) is 3.35. The number of terminal acetylenes is 1. The summed E-state index contributed by atoms with van der Waals surface area (Å²) in [6.07, 6.45) is 1.95. The van der Waals surface area contributed by atoms with Crippen LogP contribution in [0, 0.1) is 12.3 Å². The van der Waals surface area contributed by atoms with Crippen LogP contribution in [0.25, 0.3) is 0 Å². The first-order valence-corrected chi connectivity index (χ1v) is 3.63. The van der Waals surface area contributed by atoms with Crippen molar-refractivity contribution in [1.29, 1.82) is 0 Å². The van der Waals surface area contributed by atoms with Crippen molar-refractivity contribution in [2.24, 2.45) is 0 Å². The van der Waals surface area contributed by atoms with Crippen molar-refractivity contribution in [1.82, 2.24) is 4.98 Å². The summed E-state index contributed by atoms with van der Waals surface area (Å²) in [7, 11) is 0. The molecule has 0 aliphatic heterocycles. The molecule has 0 N–H and O–H groups in total. The minimum atomic E-state index is -4.35. The molecule has 5 heteroatoms. The van der Waals surface area contributed by atoms with Gasteiger partial charge in [-0.3, -0.25) is 0 Å². The Morgan fingerprint density at radius 2 is 2.14 bits per heavy atom. The zero-order valence-electron chi connectivity index (χ0n) is 7.01. The van der Waals surface area contributed by atoms with Gasteiger partial charge in [-0.25, -0.2) is 4.98 Å². The fraction of sp³-hybridized carbons (Fsp3) is 0.222. The van der Waals surface area contributed by atoms with E-state index in [9.17, 15) is 13.2 Å². The van der Waals surface area contributed by atoms with E-state index >= 15 is 0 Å². The predicted octanol–water partition coefficient (Wildman–Crippen LogP) is 2.00. The number of hydrogen-bond acceptors (Lipinski definition) is 2. The maximum Gasteiger partial charge on any atom is 0.422 e. The first kappa shape index (κ1) is 10.4. The molecule has 0 aliphatic rings. The van der Waals surface area contributed by atoms with E-state index < -0.39 is 12.8 Å². The quantitative estimate of drug-likeness (QED) is 0.683. The summed E-state index contributed by atoms with van der Waals surface area (Å²) in [5.41, 5.74) is 0.490. The Labute approximate surface area is 78.7 Å². The second-order valence-electron chi connectivity index (χ2n) is 2.43. The zero-order valence-corrected chi connectivity index (χ0v) is 7.01. The summed E-state index contributed by atoms with van der Waals surface area (Å²) < 4.78 is 39.5. The minimum Gasteiger partial charge on any atom is -0.468 e. The average Bonchev–Trinajstić information content (AvgIpc) is 2.14. The second kappa shape index (κ2) is 4.01. The number of alkyl halides is 3. The summed E-state index contributed by atoms with van der Waals surface area (Å²) in [6.45, 7) is -1.35. The molecule has 1 aromatic heterocycles. The van der Waals surface area contributed by atoms with Crippen LogP contribution >= 0.6 is 0 Å². The van der Waals surface area contributed by atoms with E-state index in [2.05, 4.69) is 15.6 Å². The van der Waals surface area contributed by atoms with Gasteiger partial charge in [0.05, 0.1) is 0 Å². The molecule has 1 rings (SSSR count). The molecule has 1 heterocycles. The molecule has 0 fully saturated rings. The fourth-order valence-electron chi connectivity index (χ4n) is 0.707. The molecule has 0 aliphatic carbocycles. The van der Waals surface area contributed by atoms with Crippen LogP contribution in [0.1, 0.15) is 5.56 Å². The van der Waals surface area contributed by atoms with Crippen molar-refractivity contribution in [2.75, 3.05) is 6.61 Å². The van der Waals surface area contributed by atoms with Crippen LogP contribution in [0.4, 0.5) is 13.2 Å². The van der Waals surface area contributed by atoms with E-state index in [1.807, 2.05) is 0 Å². The monoisotopic (exact) mass is 201 g/mol. The topological polar surface area (TPSA) is 22.1 Å². The highest BCUT2D eigenvalue weighted by Crippen LogP contribution is 2.16. The van der Waals surface area contributed by atoms with Crippen molar-refractivity contribution >= 4 is 0 Å². The lowest BCUT2D eigenvalue weighted by molar-refractivity contribution is -0.154. The van der Waals surface area contributed by atoms with Crippen LogP contribution in [0.5, 0.6) is 5.88 Å². The van der Waals surface area contributed by atoms with Gasteiger partial charge < -0.3 is 4.74 Å². The highest BCUT2D eigenvalue weighted by Gasteiger charge is 2.28. The molecule has 1 aromatic rings. The maximum atomic E-state index is 11.7. The summed E-state index contributed by atoms with van der Waals surface area (Å²) in [4.78, 5) is 3.59. The SMILES string of the molecule is C#Cc1ccc(OCC(F)(F)F)nc1. The van der Waals surface area contributed by atoms with Gasteiger partial charge in [-0.2, -0.15) is 13.2 Å². The molecular formula is C9H6F3NO. The highest BCUT2D eigenvalue weighted by atomic mass is 19.4. The van der Waals surface area contributed by atoms with Gasteiger partial charge in [0.15, 0.2) is 6.61 Å². The number of ether oxygens (including phenoxy) is 1.